The largest absolute Gasteiger partial charge is 0.394 e. The third-order valence-corrected chi connectivity index (χ3v) is 2.32. The molecule has 0 aliphatic heterocycles. The highest BCUT2D eigenvalue weighted by molar-refractivity contribution is 5.90. The summed E-state index contributed by atoms with van der Waals surface area (Å²) in [7, 11) is 0. The first-order chi connectivity index (χ1) is 8.31. The van der Waals surface area contributed by atoms with Crippen molar-refractivity contribution in [1.29, 1.82) is 0 Å². The minimum absolute atomic E-state index is 0.124. The van der Waals surface area contributed by atoms with E-state index in [4.69, 9.17) is 0 Å². The van der Waals surface area contributed by atoms with Gasteiger partial charge in [-0.3, -0.25) is 9.89 Å². The molecule has 17 heavy (non-hydrogen) atoms. The molecule has 0 unspecified atom stereocenters. The number of amides is 1. The van der Waals surface area contributed by atoms with Crippen LogP contribution in [0.4, 0.5) is 0 Å². The highest BCUT2D eigenvalue weighted by Crippen LogP contribution is 2.11. The molecule has 0 radical (unpaired) electrons. The predicted molar refractivity (Wildman–Crippen MR) is 60.1 cm³/mol. The number of aromatic amines is 1. The summed E-state index contributed by atoms with van der Waals surface area (Å²) in [6.07, 6.45) is 1.26. The van der Waals surface area contributed by atoms with Crippen molar-refractivity contribution in [2.75, 3.05) is 6.61 Å². The van der Waals surface area contributed by atoms with E-state index in [1.54, 1.807) is 0 Å². The summed E-state index contributed by atoms with van der Waals surface area (Å²) in [5.41, 5.74) is 0.836. The molecule has 0 fully saturated rings. The average Bonchev–Trinajstić information content (AvgIpc) is 2.90. The Labute approximate surface area is 97.7 Å². The Morgan fingerprint density at radius 2 is 2.18 bits per heavy atom. The molecule has 1 aromatic carbocycles. The van der Waals surface area contributed by atoms with Crippen LogP contribution in [0.25, 0.3) is 0 Å². The summed E-state index contributed by atoms with van der Waals surface area (Å²) in [4.78, 5) is 15.4. The van der Waals surface area contributed by atoms with Gasteiger partial charge in [-0.1, -0.05) is 30.3 Å². The van der Waals surface area contributed by atoms with Crippen LogP contribution in [0.5, 0.6) is 0 Å². The van der Waals surface area contributed by atoms with E-state index in [9.17, 15) is 9.90 Å². The molecule has 2 aromatic rings. The Hall–Kier alpha value is -2.21. The number of nitrogens with one attached hydrogen (secondary N) is 2. The lowest BCUT2D eigenvalue weighted by Gasteiger charge is -2.15. The summed E-state index contributed by atoms with van der Waals surface area (Å²) in [6, 6.07) is 8.78. The molecule has 1 heterocycles. The second-order valence-electron chi connectivity index (χ2n) is 3.45. The monoisotopic (exact) mass is 232 g/mol. The van der Waals surface area contributed by atoms with Gasteiger partial charge in [-0.25, -0.2) is 4.98 Å². The molecule has 6 nitrogen and oxygen atoms in total. The van der Waals surface area contributed by atoms with E-state index in [0.29, 0.717) is 0 Å². The number of H-pyrrole nitrogens is 1. The average molecular weight is 232 g/mol. The van der Waals surface area contributed by atoms with E-state index in [1.165, 1.54) is 6.33 Å². The van der Waals surface area contributed by atoms with E-state index in [0.717, 1.165) is 5.56 Å². The first-order valence-electron chi connectivity index (χ1n) is 5.13. The molecule has 0 saturated carbocycles. The maximum Gasteiger partial charge on any atom is 0.289 e. The minimum Gasteiger partial charge on any atom is -0.394 e. The van der Waals surface area contributed by atoms with Crippen molar-refractivity contribution in [3.05, 3.63) is 48.0 Å². The van der Waals surface area contributed by atoms with Gasteiger partial charge >= 0.3 is 0 Å². The van der Waals surface area contributed by atoms with E-state index in [2.05, 4.69) is 20.5 Å². The van der Waals surface area contributed by atoms with Crippen molar-refractivity contribution in [1.82, 2.24) is 20.5 Å². The number of aliphatic hydroxyl groups is 1. The van der Waals surface area contributed by atoms with Gasteiger partial charge in [-0.2, -0.15) is 5.10 Å². The van der Waals surface area contributed by atoms with Crippen molar-refractivity contribution in [2.45, 2.75) is 6.04 Å². The molecule has 1 amide bonds. The van der Waals surface area contributed by atoms with E-state index in [1.807, 2.05) is 30.3 Å². The maximum absolute atomic E-state index is 11.7. The van der Waals surface area contributed by atoms with Gasteiger partial charge in [-0.15, -0.1) is 0 Å². The van der Waals surface area contributed by atoms with Crippen molar-refractivity contribution >= 4 is 5.91 Å². The summed E-state index contributed by atoms with van der Waals surface area (Å²) in [6.45, 7) is -0.177. The quantitative estimate of drug-likeness (QED) is 0.705. The maximum atomic E-state index is 11.7. The predicted octanol–water partition coefficient (Wildman–Crippen LogP) is 0.268. The van der Waals surface area contributed by atoms with Crippen molar-refractivity contribution in [2.24, 2.45) is 0 Å². The summed E-state index contributed by atoms with van der Waals surface area (Å²) in [5, 5.41) is 18.0. The molecule has 0 aliphatic carbocycles. The Bertz CT molecular complexity index is 469. The second kappa shape index (κ2) is 5.22. The Kier molecular flexibility index (Phi) is 3.46. The van der Waals surface area contributed by atoms with Crippen LogP contribution in [0.3, 0.4) is 0 Å². The van der Waals surface area contributed by atoms with Crippen LogP contribution in [-0.4, -0.2) is 32.8 Å². The highest BCUT2D eigenvalue weighted by Gasteiger charge is 2.16. The number of rotatable bonds is 4. The van der Waals surface area contributed by atoms with E-state index in [-0.39, 0.29) is 12.4 Å². The lowest BCUT2D eigenvalue weighted by molar-refractivity contribution is 0.0906. The number of benzene rings is 1. The zero-order valence-electron chi connectivity index (χ0n) is 9.00. The van der Waals surface area contributed by atoms with Crippen LogP contribution in [-0.2, 0) is 0 Å². The van der Waals surface area contributed by atoms with Crippen molar-refractivity contribution in [3.8, 4) is 0 Å². The smallest absolute Gasteiger partial charge is 0.289 e. The molecule has 0 spiro atoms. The Morgan fingerprint density at radius 3 is 2.76 bits per heavy atom. The number of nitrogens with zero attached hydrogens (tertiary/aromatic N) is 2. The lowest BCUT2D eigenvalue weighted by Crippen LogP contribution is -2.31. The highest BCUT2D eigenvalue weighted by atomic mass is 16.3. The van der Waals surface area contributed by atoms with E-state index < -0.39 is 11.9 Å². The number of hydrogen-bond donors (Lipinski definition) is 3. The standard InChI is InChI=1S/C11H12N4O2/c16-6-9(8-4-2-1-3-5-8)14-11(17)10-12-7-13-15-10/h1-5,7,9,16H,6H2,(H,14,17)(H,12,13,15)/t9-/m0/s1. The molecule has 2 rings (SSSR count). The number of carbonyl (C=O) groups excluding carboxylic acids is 1. The fourth-order valence-corrected chi connectivity index (χ4v) is 1.46. The van der Waals surface area contributed by atoms with Crippen LogP contribution < -0.4 is 5.32 Å². The topological polar surface area (TPSA) is 90.9 Å². The third kappa shape index (κ3) is 2.67. The number of hydrogen-bond acceptors (Lipinski definition) is 4. The van der Waals surface area contributed by atoms with Gasteiger partial charge in [0.15, 0.2) is 0 Å². The summed E-state index contributed by atoms with van der Waals surface area (Å²) >= 11 is 0. The first-order valence-corrected chi connectivity index (χ1v) is 5.13. The van der Waals surface area contributed by atoms with Gasteiger partial charge < -0.3 is 10.4 Å². The number of aliphatic hydroxyl groups excluding tert-OH is 1. The van der Waals surface area contributed by atoms with Crippen LogP contribution in [0.15, 0.2) is 36.7 Å². The normalized spacial score (nSPS) is 12.1. The fourth-order valence-electron chi connectivity index (χ4n) is 1.46. The molecule has 1 atom stereocenters. The van der Waals surface area contributed by atoms with Crippen LogP contribution in [0.1, 0.15) is 22.2 Å². The molecule has 3 N–H and O–H groups in total. The van der Waals surface area contributed by atoms with Crippen LogP contribution in [0.2, 0.25) is 0 Å². The molecule has 88 valence electrons. The van der Waals surface area contributed by atoms with Gasteiger partial charge in [0.1, 0.15) is 6.33 Å². The van der Waals surface area contributed by atoms with Crippen molar-refractivity contribution in [3.63, 3.8) is 0 Å². The molecule has 1 aromatic heterocycles. The van der Waals surface area contributed by atoms with Gasteiger partial charge in [-0.05, 0) is 5.56 Å². The number of aromatic nitrogens is 3. The van der Waals surface area contributed by atoms with Crippen LogP contribution >= 0.6 is 0 Å². The van der Waals surface area contributed by atoms with E-state index >= 15 is 0 Å². The lowest BCUT2D eigenvalue weighted by atomic mass is 10.1. The zero-order valence-corrected chi connectivity index (χ0v) is 9.00. The second-order valence-corrected chi connectivity index (χ2v) is 3.45. The Morgan fingerprint density at radius 1 is 1.41 bits per heavy atom. The molecule has 0 aliphatic rings. The molecular weight excluding hydrogens is 220 g/mol. The van der Waals surface area contributed by atoms with Crippen molar-refractivity contribution < 1.29 is 9.90 Å². The fraction of sp³-hybridized carbons (Fsp3) is 0.182. The minimum atomic E-state index is -0.450. The first kappa shape index (κ1) is 11.3. The number of carbonyl (C=O) groups is 1. The third-order valence-electron chi connectivity index (χ3n) is 2.32. The van der Waals surface area contributed by atoms with Gasteiger partial charge in [0.2, 0.25) is 5.82 Å². The Balaban J connectivity index is 2.09. The molecular formula is C11H12N4O2. The van der Waals surface area contributed by atoms with Crippen LogP contribution in [0, 0.1) is 0 Å². The van der Waals surface area contributed by atoms with Gasteiger partial charge in [0.05, 0.1) is 12.6 Å². The van der Waals surface area contributed by atoms with Gasteiger partial charge in [0, 0.05) is 0 Å². The molecule has 0 bridgehead atoms. The SMILES string of the molecule is O=C(N[C@@H](CO)c1ccccc1)c1ncn[nH]1. The summed E-state index contributed by atoms with van der Waals surface area (Å²) < 4.78 is 0. The molecule has 6 heteroatoms. The molecule has 0 saturated heterocycles. The van der Waals surface area contributed by atoms with Gasteiger partial charge in [0.25, 0.3) is 5.91 Å². The summed E-state index contributed by atoms with van der Waals surface area (Å²) in [5.74, 6) is -0.273. The zero-order chi connectivity index (χ0) is 12.1.